The van der Waals surface area contributed by atoms with E-state index in [2.05, 4.69) is 12.1 Å². The van der Waals surface area contributed by atoms with Crippen molar-refractivity contribution in [2.45, 2.75) is 0 Å². The lowest BCUT2D eigenvalue weighted by Crippen LogP contribution is -1.80. The largest absolute Gasteiger partial charge is 0.508 e. The summed E-state index contributed by atoms with van der Waals surface area (Å²) in [5.41, 5.74) is 3.88. The first kappa shape index (κ1) is 15.5. The van der Waals surface area contributed by atoms with Crippen molar-refractivity contribution in [1.82, 2.24) is 0 Å². The Morgan fingerprint density at radius 2 is 1.24 bits per heavy atom. The normalized spacial score (nSPS) is 10.7. The maximum absolute atomic E-state index is 10.2. The summed E-state index contributed by atoms with van der Waals surface area (Å²) in [4.78, 5) is 2.22. The van der Waals surface area contributed by atoms with Gasteiger partial charge in [0.15, 0.2) is 0 Å². The van der Waals surface area contributed by atoms with Gasteiger partial charge in [-0.3, -0.25) is 0 Å². The van der Waals surface area contributed by atoms with Gasteiger partial charge in [0.1, 0.15) is 11.5 Å². The first-order valence-electron chi connectivity index (χ1n) is 7.99. The van der Waals surface area contributed by atoms with E-state index in [0.717, 1.165) is 32.0 Å². The second kappa shape index (κ2) is 6.46. The molecular weight excluding hydrogens is 328 g/mol. The minimum atomic E-state index is 0.267. The van der Waals surface area contributed by atoms with Gasteiger partial charge in [0, 0.05) is 15.3 Å². The third-order valence-corrected chi connectivity index (χ3v) is 5.29. The molecule has 0 aliphatic carbocycles. The van der Waals surface area contributed by atoms with E-state index in [1.54, 1.807) is 29.5 Å². The van der Waals surface area contributed by atoms with Crippen molar-refractivity contribution < 1.29 is 10.2 Å². The molecule has 0 amide bonds. The van der Waals surface area contributed by atoms with Crippen molar-refractivity contribution in [3.63, 3.8) is 0 Å². The quantitative estimate of drug-likeness (QED) is 0.467. The molecule has 2 nitrogen and oxygen atoms in total. The lowest BCUT2D eigenvalue weighted by Gasteiger charge is -2.07. The van der Waals surface area contributed by atoms with Gasteiger partial charge in [-0.25, -0.2) is 0 Å². The Kier molecular flexibility index (Phi) is 4.00. The summed E-state index contributed by atoms with van der Waals surface area (Å²) < 4.78 is 0. The number of phenols is 2. The SMILES string of the molecule is Oc1cccc(-c2ccc(-c3ccc(O)c(-c4ccccc4)c3)s2)c1. The summed E-state index contributed by atoms with van der Waals surface area (Å²) >= 11 is 1.66. The molecule has 0 unspecified atom stereocenters. The fourth-order valence-electron chi connectivity index (χ4n) is 2.85. The molecule has 1 heterocycles. The van der Waals surface area contributed by atoms with Crippen LogP contribution in [-0.4, -0.2) is 10.2 Å². The highest BCUT2D eigenvalue weighted by atomic mass is 32.1. The van der Waals surface area contributed by atoms with Crippen LogP contribution in [0.3, 0.4) is 0 Å². The highest BCUT2D eigenvalue weighted by Gasteiger charge is 2.10. The van der Waals surface area contributed by atoms with E-state index in [1.807, 2.05) is 54.6 Å². The Morgan fingerprint density at radius 3 is 1.96 bits per heavy atom. The predicted octanol–water partition coefficient (Wildman–Crippen LogP) is 6.16. The number of rotatable bonds is 3. The second-order valence-electron chi connectivity index (χ2n) is 5.81. The first-order chi connectivity index (χ1) is 12.2. The molecule has 4 aromatic rings. The molecular formula is C22H16O2S. The molecule has 0 radical (unpaired) electrons. The van der Waals surface area contributed by atoms with Gasteiger partial charge in [-0.15, -0.1) is 11.3 Å². The standard InChI is InChI=1S/C22H16O2S/c23-18-8-4-7-16(13-18)21-11-12-22(25-21)17-9-10-20(24)19(14-17)15-5-2-1-3-6-15/h1-14,23-24H. The van der Waals surface area contributed by atoms with E-state index >= 15 is 0 Å². The van der Waals surface area contributed by atoms with Gasteiger partial charge >= 0.3 is 0 Å². The van der Waals surface area contributed by atoms with Crippen LogP contribution < -0.4 is 0 Å². The van der Waals surface area contributed by atoms with E-state index in [-0.39, 0.29) is 11.5 Å². The smallest absolute Gasteiger partial charge is 0.123 e. The van der Waals surface area contributed by atoms with Crippen molar-refractivity contribution >= 4 is 11.3 Å². The van der Waals surface area contributed by atoms with Crippen LogP contribution in [0.15, 0.2) is 84.9 Å². The molecule has 0 bridgehead atoms. The Morgan fingerprint density at radius 1 is 0.560 bits per heavy atom. The Balaban J connectivity index is 1.74. The highest BCUT2D eigenvalue weighted by Crippen LogP contribution is 2.39. The van der Waals surface area contributed by atoms with Crippen LogP contribution in [0.1, 0.15) is 0 Å². The summed E-state index contributed by atoms with van der Waals surface area (Å²) in [5.74, 6) is 0.545. The van der Waals surface area contributed by atoms with E-state index in [9.17, 15) is 10.2 Å². The molecule has 0 fully saturated rings. The lowest BCUT2D eigenvalue weighted by atomic mass is 10.0. The molecule has 4 rings (SSSR count). The highest BCUT2D eigenvalue weighted by molar-refractivity contribution is 7.18. The zero-order chi connectivity index (χ0) is 17.2. The van der Waals surface area contributed by atoms with Gasteiger partial charge in [-0.05, 0) is 59.2 Å². The van der Waals surface area contributed by atoms with Crippen LogP contribution >= 0.6 is 11.3 Å². The summed E-state index contributed by atoms with van der Waals surface area (Å²) in [6.45, 7) is 0. The number of aromatic hydroxyl groups is 2. The van der Waals surface area contributed by atoms with Crippen LogP contribution in [0.4, 0.5) is 0 Å². The Bertz CT molecular complexity index is 1020. The van der Waals surface area contributed by atoms with Gasteiger partial charge in [-0.2, -0.15) is 0 Å². The number of phenolic OH excluding ortho intramolecular Hbond substituents is 2. The topological polar surface area (TPSA) is 40.5 Å². The van der Waals surface area contributed by atoms with E-state index in [4.69, 9.17) is 0 Å². The maximum atomic E-state index is 10.2. The Labute approximate surface area is 150 Å². The summed E-state index contributed by atoms with van der Waals surface area (Å²) in [6.07, 6.45) is 0. The average Bonchev–Trinajstić information content (AvgIpc) is 3.13. The maximum Gasteiger partial charge on any atom is 0.123 e. The van der Waals surface area contributed by atoms with Gasteiger partial charge in [0.2, 0.25) is 0 Å². The minimum absolute atomic E-state index is 0.267. The van der Waals surface area contributed by atoms with Crippen LogP contribution in [0, 0.1) is 0 Å². The molecule has 2 N–H and O–H groups in total. The number of hydrogen-bond acceptors (Lipinski definition) is 3. The third kappa shape index (κ3) is 3.14. The van der Waals surface area contributed by atoms with Crippen LogP contribution in [0.5, 0.6) is 11.5 Å². The first-order valence-corrected chi connectivity index (χ1v) is 8.80. The van der Waals surface area contributed by atoms with Gasteiger partial charge in [0.05, 0.1) is 0 Å². The third-order valence-electron chi connectivity index (χ3n) is 4.10. The van der Waals surface area contributed by atoms with Crippen molar-refractivity contribution in [2.75, 3.05) is 0 Å². The van der Waals surface area contributed by atoms with Crippen LogP contribution in [-0.2, 0) is 0 Å². The molecule has 122 valence electrons. The van der Waals surface area contributed by atoms with Crippen molar-refractivity contribution in [3.05, 3.63) is 84.9 Å². The number of benzene rings is 3. The zero-order valence-electron chi connectivity index (χ0n) is 13.4. The molecule has 1 aromatic heterocycles. The lowest BCUT2D eigenvalue weighted by molar-refractivity contribution is 0.475. The number of hydrogen-bond donors (Lipinski definition) is 2. The fourth-order valence-corrected chi connectivity index (χ4v) is 3.84. The molecule has 0 atom stereocenters. The Hall–Kier alpha value is -3.04. The van der Waals surface area contributed by atoms with E-state index in [1.165, 1.54) is 0 Å². The predicted molar refractivity (Wildman–Crippen MR) is 104 cm³/mol. The summed E-state index contributed by atoms with van der Waals surface area (Å²) in [7, 11) is 0. The second-order valence-corrected chi connectivity index (χ2v) is 6.90. The molecule has 0 saturated carbocycles. The average molecular weight is 344 g/mol. The summed E-state index contributed by atoms with van der Waals surface area (Å²) in [5, 5.41) is 19.9. The monoisotopic (exact) mass is 344 g/mol. The van der Waals surface area contributed by atoms with E-state index in [0.29, 0.717) is 0 Å². The summed E-state index contributed by atoms with van der Waals surface area (Å²) in [6, 6.07) is 27.0. The van der Waals surface area contributed by atoms with Gasteiger partial charge in [-0.1, -0.05) is 42.5 Å². The fraction of sp³-hybridized carbons (Fsp3) is 0. The van der Waals surface area contributed by atoms with Gasteiger partial charge < -0.3 is 10.2 Å². The van der Waals surface area contributed by atoms with Crippen molar-refractivity contribution in [3.8, 4) is 43.5 Å². The molecule has 3 aromatic carbocycles. The van der Waals surface area contributed by atoms with Crippen LogP contribution in [0.2, 0.25) is 0 Å². The van der Waals surface area contributed by atoms with Gasteiger partial charge in [0.25, 0.3) is 0 Å². The molecule has 0 aliphatic heterocycles. The van der Waals surface area contributed by atoms with Crippen LogP contribution in [0.25, 0.3) is 32.0 Å². The zero-order valence-corrected chi connectivity index (χ0v) is 14.2. The molecule has 0 aliphatic rings. The molecule has 0 spiro atoms. The molecule has 3 heteroatoms. The minimum Gasteiger partial charge on any atom is -0.508 e. The van der Waals surface area contributed by atoms with Crippen molar-refractivity contribution in [2.24, 2.45) is 0 Å². The molecule has 25 heavy (non-hydrogen) atoms. The molecule has 0 saturated heterocycles. The number of thiophene rings is 1. The van der Waals surface area contributed by atoms with E-state index < -0.39 is 0 Å². The van der Waals surface area contributed by atoms with Crippen molar-refractivity contribution in [1.29, 1.82) is 0 Å².